The zero-order valence-corrected chi connectivity index (χ0v) is 11.0. The van der Waals surface area contributed by atoms with Crippen LogP contribution in [0.15, 0.2) is 24.3 Å². The predicted octanol–water partition coefficient (Wildman–Crippen LogP) is 3.08. The van der Waals surface area contributed by atoms with Crippen LogP contribution in [0.25, 0.3) is 0 Å². The van der Waals surface area contributed by atoms with Crippen molar-refractivity contribution in [2.75, 3.05) is 30.5 Å². The second kappa shape index (κ2) is 6.59. The largest absolute Gasteiger partial charge is 0.374 e. The maximum absolute atomic E-state index is 11.4. The van der Waals surface area contributed by atoms with Crippen molar-refractivity contribution in [2.24, 2.45) is 0 Å². The molecule has 1 aromatic rings. The van der Waals surface area contributed by atoms with E-state index in [4.69, 9.17) is 0 Å². The van der Waals surface area contributed by atoms with E-state index in [2.05, 4.69) is 18.2 Å². The zero-order chi connectivity index (χ0) is 12.0. The highest BCUT2D eigenvalue weighted by atomic mass is 32.2. The van der Waals surface area contributed by atoms with Crippen LogP contribution in [0.4, 0.5) is 5.69 Å². The average molecular weight is 237 g/mol. The van der Waals surface area contributed by atoms with E-state index in [0.29, 0.717) is 6.42 Å². The van der Waals surface area contributed by atoms with Gasteiger partial charge in [-0.15, -0.1) is 0 Å². The molecule has 0 atom stereocenters. The molecule has 0 spiro atoms. The lowest BCUT2D eigenvalue weighted by Crippen LogP contribution is -2.20. The van der Waals surface area contributed by atoms with Crippen LogP contribution in [-0.4, -0.2) is 31.4 Å². The Morgan fingerprint density at radius 2 is 1.94 bits per heavy atom. The Balaban J connectivity index is 2.67. The number of anilines is 1. The summed E-state index contributed by atoms with van der Waals surface area (Å²) in [5.41, 5.74) is 1.98. The van der Waals surface area contributed by atoms with Gasteiger partial charge in [-0.2, -0.15) is 11.8 Å². The minimum Gasteiger partial charge on any atom is -0.374 e. The lowest BCUT2D eigenvalue weighted by molar-refractivity contribution is 0.0988. The summed E-state index contributed by atoms with van der Waals surface area (Å²) in [6, 6.07) is 7.86. The molecular formula is C13H19NOS. The number of thioether (sulfide) groups is 1. The molecule has 3 heteroatoms. The Hall–Kier alpha value is -0.960. The number of hydrogen-bond donors (Lipinski definition) is 0. The van der Waals surface area contributed by atoms with Crippen LogP contribution in [0.3, 0.4) is 0 Å². The van der Waals surface area contributed by atoms with Crippen molar-refractivity contribution in [3.8, 4) is 0 Å². The summed E-state index contributed by atoms with van der Waals surface area (Å²) in [6.45, 7) is 2.92. The highest BCUT2D eigenvalue weighted by Crippen LogP contribution is 2.15. The van der Waals surface area contributed by atoms with Crippen molar-refractivity contribution in [1.82, 2.24) is 0 Å². The van der Waals surface area contributed by atoms with Gasteiger partial charge in [0.2, 0.25) is 0 Å². The van der Waals surface area contributed by atoms with Crippen LogP contribution >= 0.6 is 11.8 Å². The molecule has 0 aliphatic heterocycles. The normalized spacial score (nSPS) is 10.2. The van der Waals surface area contributed by atoms with E-state index in [1.165, 1.54) is 5.69 Å². The molecule has 0 N–H and O–H groups in total. The van der Waals surface area contributed by atoms with Crippen LogP contribution in [-0.2, 0) is 0 Å². The van der Waals surface area contributed by atoms with E-state index < -0.39 is 0 Å². The molecule has 0 saturated heterocycles. The summed E-state index contributed by atoms with van der Waals surface area (Å²) in [5, 5.41) is 0. The first-order chi connectivity index (χ1) is 7.69. The predicted molar refractivity (Wildman–Crippen MR) is 72.7 cm³/mol. The number of carbonyl (C=O) groups excluding carboxylic acids is 1. The minimum absolute atomic E-state index is 0.207. The van der Waals surface area contributed by atoms with Crippen LogP contribution < -0.4 is 4.90 Å². The number of Topliss-reactive ketones (excluding diaryl/α,β-unsaturated/α-hetero) is 1. The minimum atomic E-state index is 0.207. The van der Waals surface area contributed by atoms with E-state index in [0.717, 1.165) is 17.9 Å². The van der Waals surface area contributed by atoms with E-state index in [1.54, 1.807) is 0 Å². The summed E-state index contributed by atoms with van der Waals surface area (Å²) in [7, 11) is 2.08. The monoisotopic (exact) mass is 237 g/mol. The third-order valence-corrected chi connectivity index (χ3v) is 3.17. The van der Waals surface area contributed by atoms with Gasteiger partial charge in [0, 0.05) is 37.0 Å². The van der Waals surface area contributed by atoms with Crippen LogP contribution in [0.5, 0.6) is 0 Å². The Morgan fingerprint density at radius 1 is 1.31 bits per heavy atom. The topological polar surface area (TPSA) is 20.3 Å². The molecule has 0 fully saturated rings. The Bertz CT molecular complexity index is 334. The zero-order valence-electron chi connectivity index (χ0n) is 10.2. The van der Waals surface area contributed by atoms with Gasteiger partial charge in [0.05, 0.1) is 0 Å². The highest BCUT2D eigenvalue weighted by molar-refractivity contribution is 7.98. The van der Waals surface area contributed by atoms with Crippen LogP contribution in [0, 0.1) is 0 Å². The van der Waals surface area contributed by atoms with Crippen molar-refractivity contribution in [3.05, 3.63) is 29.8 Å². The molecule has 2 nitrogen and oxygen atoms in total. The van der Waals surface area contributed by atoms with Crippen LogP contribution in [0.2, 0.25) is 0 Å². The van der Waals surface area contributed by atoms with Gasteiger partial charge < -0.3 is 4.90 Å². The number of ketones is 1. The molecule has 0 saturated carbocycles. The van der Waals surface area contributed by atoms with Gasteiger partial charge in [0.15, 0.2) is 5.78 Å². The van der Waals surface area contributed by atoms with E-state index in [1.807, 2.05) is 43.0 Å². The molecule has 0 unspecified atom stereocenters. The Morgan fingerprint density at radius 3 is 2.44 bits per heavy atom. The molecule has 0 radical (unpaired) electrons. The quantitative estimate of drug-likeness (QED) is 0.709. The second-order valence-corrected chi connectivity index (χ2v) is 4.72. The summed E-state index contributed by atoms with van der Waals surface area (Å²) < 4.78 is 0. The Labute approximate surface area is 102 Å². The van der Waals surface area contributed by atoms with Gasteiger partial charge in [0.25, 0.3) is 0 Å². The lowest BCUT2D eigenvalue weighted by Gasteiger charge is -2.18. The second-order valence-electron chi connectivity index (χ2n) is 3.74. The van der Waals surface area contributed by atoms with Gasteiger partial charge in [-0.1, -0.05) is 6.92 Å². The van der Waals surface area contributed by atoms with Crippen LogP contribution in [0.1, 0.15) is 23.7 Å². The SMILES string of the molecule is CCC(=O)c1ccc(N(C)CCSC)cc1. The van der Waals surface area contributed by atoms with Gasteiger partial charge in [-0.05, 0) is 30.5 Å². The third-order valence-electron chi connectivity index (χ3n) is 2.58. The molecule has 0 amide bonds. The van der Waals surface area contributed by atoms with Gasteiger partial charge in [-0.25, -0.2) is 0 Å². The maximum atomic E-state index is 11.4. The molecule has 0 aliphatic carbocycles. The smallest absolute Gasteiger partial charge is 0.162 e. The molecule has 16 heavy (non-hydrogen) atoms. The Kier molecular flexibility index (Phi) is 5.39. The summed E-state index contributed by atoms with van der Waals surface area (Å²) in [4.78, 5) is 13.7. The molecular weight excluding hydrogens is 218 g/mol. The van der Waals surface area contributed by atoms with Crippen molar-refractivity contribution in [1.29, 1.82) is 0 Å². The first kappa shape index (κ1) is 13.1. The summed E-state index contributed by atoms with van der Waals surface area (Å²) in [6.07, 6.45) is 2.68. The summed E-state index contributed by atoms with van der Waals surface area (Å²) >= 11 is 1.84. The number of carbonyl (C=O) groups is 1. The fourth-order valence-corrected chi connectivity index (χ4v) is 1.92. The number of nitrogens with zero attached hydrogens (tertiary/aromatic N) is 1. The van der Waals surface area contributed by atoms with Crippen molar-refractivity contribution in [2.45, 2.75) is 13.3 Å². The number of benzene rings is 1. The fourth-order valence-electron chi connectivity index (χ4n) is 1.46. The third kappa shape index (κ3) is 3.56. The van der Waals surface area contributed by atoms with E-state index >= 15 is 0 Å². The summed E-state index contributed by atoms with van der Waals surface area (Å²) in [5.74, 6) is 1.32. The van der Waals surface area contributed by atoms with Crippen molar-refractivity contribution in [3.63, 3.8) is 0 Å². The molecule has 1 rings (SSSR count). The maximum Gasteiger partial charge on any atom is 0.162 e. The molecule has 1 aromatic carbocycles. The fraction of sp³-hybridized carbons (Fsp3) is 0.462. The highest BCUT2D eigenvalue weighted by Gasteiger charge is 2.04. The van der Waals surface area contributed by atoms with Gasteiger partial charge in [0.1, 0.15) is 0 Å². The van der Waals surface area contributed by atoms with E-state index in [9.17, 15) is 4.79 Å². The molecule has 0 aliphatic rings. The molecule has 0 bridgehead atoms. The molecule has 88 valence electrons. The standard InChI is InChI=1S/C13H19NOS/c1-4-13(15)11-5-7-12(8-6-11)14(2)9-10-16-3/h5-8H,4,9-10H2,1-3H3. The van der Waals surface area contributed by atoms with Crippen molar-refractivity contribution < 1.29 is 4.79 Å². The number of rotatable bonds is 6. The average Bonchev–Trinajstić information content (AvgIpc) is 2.35. The van der Waals surface area contributed by atoms with Crippen molar-refractivity contribution >= 4 is 23.2 Å². The molecule has 0 aromatic heterocycles. The van der Waals surface area contributed by atoms with Gasteiger partial charge in [-0.3, -0.25) is 4.79 Å². The van der Waals surface area contributed by atoms with E-state index in [-0.39, 0.29) is 5.78 Å². The lowest BCUT2D eigenvalue weighted by atomic mass is 10.1. The first-order valence-electron chi connectivity index (χ1n) is 5.52. The first-order valence-corrected chi connectivity index (χ1v) is 6.91. The number of hydrogen-bond acceptors (Lipinski definition) is 3. The molecule has 0 heterocycles. The van der Waals surface area contributed by atoms with Gasteiger partial charge >= 0.3 is 0 Å².